The van der Waals surface area contributed by atoms with Gasteiger partial charge in [-0.2, -0.15) is 5.10 Å². The molecule has 1 N–H and O–H groups in total. The van der Waals surface area contributed by atoms with Gasteiger partial charge in [-0.3, -0.25) is 10.1 Å². The van der Waals surface area contributed by atoms with Gasteiger partial charge in [0.1, 0.15) is 5.69 Å². The number of nitrogens with one attached hydrogen (secondary N) is 1. The van der Waals surface area contributed by atoms with Crippen molar-refractivity contribution in [2.45, 2.75) is 0 Å². The van der Waals surface area contributed by atoms with Crippen LogP contribution in [0.1, 0.15) is 5.56 Å². The summed E-state index contributed by atoms with van der Waals surface area (Å²) in [6.07, 6.45) is 7.30. The van der Waals surface area contributed by atoms with Crippen LogP contribution in [-0.4, -0.2) is 28.3 Å². The van der Waals surface area contributed by atoms with E-state index in [0.717, 1.165) is 12.1 Å². The molecule has 0 bridgehead atoms. The van der Waals surface area contributed by atoms with Crippen LogP contribution < -0.4 is 5.32 Å². The maximum Gasteiger partial charge on any atom is 0.294 e. The summed E-state index contributed by atoms with van der Waals surface area (Å²) in [7, 11) is 1.86. The minimum absolute atomic E-state index is 0.0383. The molecule has 0 fully saturated rings. The number of hydrogen-bond donors (Lipinski definition) is 1. The highest BCUT2D eigenvalue weighted by atomic mass is 16.6. The minimum atomic E-state index is -0.409. The Morgan fingerprint density at radius 2 is 2.26 bits per heavy atom. The van der Waals surface area contributed by atoms with E-state index in [1.165, 1.54) is 10.7 Å². The second-order valence-electron chi connectivity index (χ2n) is 3.92. The summed E-state index contributed by atoms with van der Waals surface area (Å²) in [5.41, 5.74) is 1.39. The molecule has 0 saturated heterocycles. The lowest BCUT2D eigenvalue weighted by molar-refractivity contribution is -0.384. The van der Waals surface area contributed by atoms with Crippen molar-refractivity contribution >= 4 is 11.8 Å². The molecule has 0 unspecified atom stereocenters. The molecule has 0 saturated carbocycles. The van der Waals surface area contributed by atoms with Gasteiger partial charge in [-0.15, -0.1) is 0 Å². The average molecular weight is 258 g/mol. The Kier molecular flexibility index (Phi) is 4.04. The molecule has 0 amide bonds. The lowest BCUT2D eigenvalue weighted by Crippen LogP contribution is -2.03. The predicted octanol–water partition coefficient (Wildman–Crippen LogP) is 2.01. The van der Waals surface area contributed by atoms with Crippen molar-refractivity contribution in [3.8, 4) is 5.69 Å². The molecule has 2 rings (SSSR count). The molecule has 6 heteroatoms. The standard InChI is InChI=1S/C13H14N4O2/c1-14-8-4-5-11-9-15-16(10-11)12-6-2-3-7-13(12)17(18)19/h2-7,9-10,14H,8H2,1H3. The molecule has 19 heavy (non-hydrogen) atoms. The number of hydrogen-bond acceptors (Lipinski definition) is 4. The molecule has 2 aromatic rings. The third-order valence-corrected chi connectivity index (χ3v) is 2.56. The van der Waals surface area contributed by atoms with Crippen LogP contribution in [0.4, 0.5) is 5.69 Å². The van der Waals surface area contributed by atoms with Crippen LogP contribution in [0.2, 0.25) is 0 Å². The van der Waals surface area contributed by atoms with Crippen LogP contribution in [0, 0.1) is 10.1 Å². The zero-order chi connectivity index (χ0) is 13.7. The average Bonchev–Trinajstić information content (AvgIpc) is 2.88. The van der Waals surface area contributed by atoms with Gasteiger partial charge in [-0.25, -0.2) is 4.68 Å². The van der Waals surface area contributed by atoms with E-state index >= 15 is 0 Å². The van der Waals surface area contributed by atoms with Crippen molar-refractivity contribution in [3.63, 3.8) is 0 Å². The molecule has 0 aliphatic rings. The highest BCUT2D eigenvalue weighted by Gasteiger charge is 2.14. The number of rotatable bonds is 5. The first-order valence-electron chi connectivity index (χ1n) is 5.82. The second-order valence-corrected chi connectivity index (χ2v) is 3.92. The van der Waals surface area contributed by atoms with E-state index < -0.39 is 4.92 Å². The van der Waals surface area contributed by atoms with Gasteiger partial charge in [0.2, 0.25) is 0 Å². The third kappa shape index (κ3) is 3.05. The molecular weight excluding hydrogens is 244 g/mol. The van der Waals surface area contributed by atoms with Gasteiger partial charge in [0, 0.05) is 24.4 Å². The van der Waals surface area contributed by atoms with Crippen molar-refractivity contribution in [1.29, 1.82) is 0 Å². The lowest BCUT2D eigenvalue weighted by Gasteiger charge is -2.01. The number of nitrogens with zero attached hydrogens (tertiary/aromatic N) is 3. The van der Waals surface area contributed by atoms with E-state index in [2.05, 4.69) is 10.4 Å². The van der Waals surface area contributed by atoms with Crippen LogP contribution in [0.3, 0.4) is 0 Å². The number of likely N-dealkylation sites (N-methyl/N-ethyl adjacent to an activating group) is 1. The quantitative estimate of drug-likeness (QED) is 0.657. The normalized spacial score (nSPS) is 11.0. The van der Waals surface area contributed by atoms with Crippen molar-refractivity contribution in [1.82, 2.24) is 15.1 Å². The monoisotopic (exact) mass is 258 g/mol. The maximum absolute atomic E-state index is 11.0. The molecule has 1 aromatic carbocycles. The number of nitro groups is 1. The van der Waals surface area contributed by atoms with Gasteiger partial charge in [0.25, 0.3) is 5.69 Å². The third-order valence-electron chi connectivity index (χ3n) is 2.56. The Bertz CT molecular complexity index is 604. The van der Waals surface area contributed by atoms with Gasteiger partial charge in [0.15, 0.2) is 0 Å². The van der Waals surface area contributed by atoms with Crippen LogP contribution in [0.15, 0.2) is 42.7 Å². The molecule has 0 aliphatic carbocycles. The first-order valence-corrected chi connectivity index (χ1v) is 5.82. The number of aromatic nitrogens is 2. The Morgan fingerprint density at radius 3 is 3.00 bits per heavy atom. The van der Waals surface area contributed by atoms with Crippen LogP contribution in [0.5, 0.6) is 0 Å². The summed E-state index contributed by atoms with van der Waals surface area (Å²) in [4.78, 5) is 10.5. The summed E-state index contributed by atoms with van der Waals surface area (Å²) < 4.78 is 1.51. The largest absolute Gasteiger partial charge is 0.316 e. The lowest BCUT2D eigenvalue weighted by atomic mass is 10.2. The van der Waals surface area contributed by atoms with E-state index in [1.54, 1.807) is 30.6 Å². The molecular formula is C13H14N4O2. The summed E-state index contributed by atoms with van der Waals surface area (Å²) in [5.74, 6) is 0. The van der Waals surface area contributed by atoms with Crippen molar-refractivity contribution in [2.24, 2.45) is 0 Å². The molecule has 0 radical (unpaired) electrons. The zero-order valence-corrected chi connectivity index (χ0v) is 10.5. The molecule has 0 spiro atoms. The number of para-hydroxylation sites is 2. The highest BCUT2D eigenvalue weighted by molar-refractivity contribution is 5.54. The molecule has 1 aromatic heterocycles. The highest BCUT2D eigenvalue weighted by Crippen LogP contribution is 2.21. The second kappa shape index (κ2) is 5.92. The topological polar surface area (TPSA) is 73.0 Å². The zero-order valence-electron chi connectivity index (χ0n) is 10.5. The Hall–Kier alpha value is -2.47. The van der Waals surface area contributed by atoms with Gasteiger partial charge in [0.05, 0.1) is 11.1 Å². The Balaban J connectivity index is 2.30. The van der Waals surface area contributed by atoms with Gasteiger partial charge >= 0.3 is 0 Å². The van der Waals surface area contributed by atoms with E-state index in [1.807, 2.05) is 19.2 Å². The molecule has 0 atom stereocenters. The van der Waals surface area contributed by atoms with Crippen LogP contribution in [0.25, 0.3) is 11.8 Å². The van der Waals surface area contributed by atoms with E-state index in [9.17, 15) is 10.1 Å². The van der Waals surface area contributed by atoms with Crippen molar-refractivity contribution in [3.05, 3.63) is 58.4 Å². The smallest absolute Gasteiger partial charge is 0.294 e. The van der Waals surface area contributed by atoms with Crippen LogP contribution >= 0.6 is 0 Å². The Labute approximate surface area is 110 Å². The number of nitro benzene ring substituents is 1. The van der Waals surface area contributed by atoms with E-state index in [4.69, 9.17) is 0 Å². The minimum Gasteiger partial charge on any atom is -0.316 e. The fourth-order valence-electron chi connectivity index (χ4n) is 1.68. The molecule has 6 nitrogen and oxygen atoms in total. The SMILES string of the molecule is CNCC=Cc1cnn(-c2ccccc2[N+](=O)[O-])c1. The summed E-state index contributed by atoms with van der Waals surface area (Å²) in [6.45, 7) is 0.761. The summed E-state index contributed by atoms with van der Waals surface area (Å²) in [6, 6.07) is 6.53. The predicted molar refractivity (Wildman–Crippen MR) is 73.2 cm³/mol. The van der Waals surface area contributed by atoms with Crippen molar-refractivity contribution < 1.29 is 4.92 Å². The fourth-order valence-corrected chi connectivity index (χ4v) is 1.68. The summed E-state index contributed by atoms with van der Waals surface area (Å²) >= 11 is 0. The van der Waals surface area contributed by atoms with E-state index in [0.29, 0.717) is 5.69 Å². The van der Waals surface area contributed by atoms with E-state index in [-0.39, 0.29) is 5.69 Å². The first kappa shape index (κ1) is 13.0. The first-order chi connectivity index (χ1) is 9.22. The van der Waals surface area contributed by atoms with Gasteiger partial charge < -0.3 is 5.32 Å². The molecule has 1 heterocycles. The summed E-state index contributed by atoms with van der Waals surface area (Å²) in [5, 5.41) is 18.1. The Morgan fingerprint density at radius 1 is 1.47 bits per heavy atom. The fraction of sp³-hybridized carbons (Fsp3) is 0.154. The van der Waals surface area contributed by atoms with Gasteiger partial charge in [-0.05, 0) is 13.1 Å². The molecule has 98 valence electrons. The molecule has 0 aliphatic heterocycles. The maximum atomic E-state index is 11.0. The van der Waals surface area contributed by atoms with Crippen molar-refractivity contribution in [2.75, 3.05) is 13.6 Å². The van der Waals surface area contributed by atoms with Crippen LogP contribution in [-0.2, 0) is 0 Å². The van der Waals surface area contributed by atoms with Gasteiger partial charge in [-0.1, -0.05) is 24.3 Å². The number of benzene rings is 1.